The number of anilines is 1. The van der Waals surface area contributed by atoms with Gasteiger partial charge in [0.25, 0.3) is 5.91 Å². The summed E-state index contributed by atoms with van der Waals surface area (Å²) in [5.41, 5.74) is 4.40. The van der Waals surface area contributed by atoms with Crippen molar-refractivity contribution in [2.45, 2.75) is 40.0 Å². The molecule has 0 bridgehead atoms. The molecule has 1 aromatic carbocycles. The van der Waals surface area contributed by atoms with E-state index in [2.05, 4.69) is 31.2 Å². The first-order valence-electron chi connectivity index (χ1n) is 7.12. The van der Waals surface area contributed by atoms with Crippen LogP contribution in [0.2, 0.25) is 0 Å². The molecular formula is C17H23N3O. The largest absolute Gasteiger partial charge is 0.320 e. The van der Waals surface area contributed by atoms with E-state index in [-0.39, 0.29) is 11.3 Å². The topological polar surface area (TPSA) is 46.9 Å². The van der Waals surface area contributed by atoms with Crippen LogP contribution in [-0.2, 0) is 12.5 Å². The zero-order chi connectivity index (χ0) is 15.8. The Morgan fingerprint density at radius 2 is 1.76 bits per heavy atom. The Bertz CT molecular complexity index is 658. The van der Waals surface area contributed by atoms with E-state index in [1.807, 2.05) is 38.1 Å². The standard InChI is InChI=1S/C17H23N3O/c1-11-8-7-9-12(2)15(11)18-16(21)13-10-14(17(3,4)5)19-20(13)6/h7-10H,1-6H3,(H,18,21). The van der Waals surface area contributed by atoms with E-state index in [1.165, 1.54) is 0 Å². The Kier molecular flexibility index (Phi) is 3.90. The number of benzene rings is 1. The van der Waals surface area contributed by atoms with Gasteiger partial charge in [-0.3, -0.25) is 9.48 Å². The van der Waals surface area contributed by atoms with E-state index in [9.17, 15) is 4.79 Å². The zero-order valence-corrected chi connectivity index (χ0v) is 13.6. The van der Waals surface area contributed by atoms with Gasteiger partial charge in [-0.1, -0.05) is 39.0 Å². The first-order valence-corrected chi connectivity index (χ1v) is 7.12. The van der Waals surface area contributed by atoms with Gasteiger partial charge in [0.15, 0.2) is 0 Å². The molecule has 0 aliphatic heterocycles. The first kappa shape index (κ1) is 15.3. The second-order valence-electron chi connectivity index (χ2n) is 6.51. The van der Waals surface area contributed by atoms with E-state index in [0.717, 1.165) is 22.5 Å². The van der Waals surface area contributed by atoms with Crippen molar-refractivity contribution in [1.29, 1.82) is 0 Å². The minimum atomic E-state index is -0.127. The van der Waals surface area contributed by atoms with Crippen LogP contribution in [-0.4, -0.2) is 15.7 Å². The monoisotopic (exact) mass is 285 g/mol. The van der Waals surface area contributed by atoms with Gasteiger partial charge in [-0.25, -0.2) is 0 Å². The normalized spacial score (nSPS) is 11.5. The maximum atomic E-state index is 12.5. The van der Waals surface area contributed by atoms with E-state index < -0.39 is 0 Å². The predicted octanol–water partition coefficient (Wildman–Crippen LogP) is 3.59. The predicted molar refractivity (Wildman–Crippen MR) is 85.8 cm³/mol. The first-order chi connectivity index (χ1) is 9.70. The van der Waals surface area contributed by atoms with Gasteiger partial charge in [0, 0.05) is 18.2 Å². The fourth-order valence-electron chi connectivity index (χ4n) is 2.24. The number of nitrogens with one attached hydrogen (secondary N) is 1. The number of aryl methyl sites for hydroxylation is 3. The Balaban J connectivity index is 2.31. The minimum Gasteiger partial charge on any atom is -0.320 e. The number of amides is 1. The second-order valence-corrected chi connectivity index (χ2v) is 6.51. The molecule has 0 aliphatic rings. The molecule has 21 heavy (non-hydrogen) atoms. The SMILES string of the molecule is Cc1cccc(C)c1NC(=O)c1cc(C(C)(C)C)nn1C. The van der Waals surface area contributed by atoms with E-state index in [1.54, 1.807) is 11.7 Å². The molecular weight excluding hydrogens is 262 g/mol. The fourth-order valence-corrected chi connectivity index (χ4v) is 2.24. The van der Waals surface area contributed by atoms with Crippen molar-refractivity contribution in [3.63, 3.8) is 0 Å². The number of para-hydroxylation sites is 1. The zero-order valence-electron chi connectivity index (χ0n) is 13.6. The molecule has 1 aromatic heterocycles. The molecule has 0 unspecified atom stereocenters. The average molecular weight is 285 g/mol. The Morgan fingerprint density at radius 3 is 2.24 bits per heavy atom. The molecule has 4 heteroatoms. The molecule has 1 amide bonds. The lowest BCUT2D eigenvalue weighted by Crippen LogP contribution is -2.17. The van der Waals surface area contributed by atoms with E-state index in [0.29, 0.717) is 5.69 Å². The van der Waals surface area contributed by atoms with Gasteiger partial charge in [0.2, 0.25) is 0 Å². The summed E-state index contributed by atoms with van der Waals surface area (Å²) in [7, 11) is 1.80. The molecule has 0 aliphatic carbocycles. The van der Waals surface area contributed by atoms with Crippen LogP contribution in [0, 0.1) is 13.8 Å². The molecule has 1 N–H and O–H groups in total. The van der Waals surface area contributed by atoms with Crippen LogP contribution in [0.3, 0.4) is 0 Å². The average Bonchev–Trinajstić information content (AvgIpc) is 2.76. The highest BCUT2D eigenvalue weighted by Gasteiger charge is 2.22. The van der Waals surface area contributed by atoms with Crippen molar-refractivity contribution in [1.82, 2.24) is 9.78 Å². The van der Waals surface area contributed by atoms with Gasteiger partial charge in [-0.2, -0.15) is 5.10 Å². The van der Waals surface area contributed by atoms with Crippen molar-refractivity contribution in [3.05, 3.63) is 46.8 Å². The summed E-state index contributed by atoms with van der Waals surface area (Å²) in [4.78, 5) is 12.5. The number of carbonyl (C=O) groups excluding carboxylic acids is 1. The Morgan fingerprint density at radius 1 is 1.19 bits per heavy atom. The number of aromatic nitrogens is 2. The maximum absolute atomic E-state index is 12.5. The molecule has 0 atom stereocenters. The Hall–Kier alpha value is -2.10. The van der Waals surface area contributed by atoms with Crippen molar-refractivity contribution >= 4 is 11.6 Å². The molecule has 0 spiro atoms. The summed E-state index contributed by atoms with van der Waals surface area (Å²) in [6, 6.07) is 7.84. The van der Waals surface area contributed by atoms with Crippen molar-refractivity contribution in [2.75, 3.05) is 5.32 Å². The molecule has 0 saturated heterocycles. The lowest BCUT2D eigenvalue weighted by molar-refractivity contribution is 0.101. The van der Waals surface area contributed by atoms with E-state index >= 15 is 0 Å². The van der Waals surface area contributed by atoms with Crippen LogP contribution in [0.4, 0.5) is 5.69 Å². The summed E-state index contributed by atoms with van der Waals surface area (Å²) >= 11 is 0. The van der Waals surface area contributed by atoms with Crippen LogP contribution >= 0.6 is 0 Å². The molecule has 2 aromatic rings. The highest BCUT2D eigenvalue weighted by atomic mass is 16.2. The maximum Gasteiger partial charge on any atom is 0.273 e. The Labute approximate surface area is 126 Å². The summed E-state index contributed by atoms with van der Waals surface area (Å²) in [5, 5.41) is 7.45. The van der Waals surface area contributed by atoms with Crippen molar-refractivity contribution < 1.29 is 4.79 Å². The quantitative estimate of drug-likeness (QED) is 0.916. The van der Waals surface area contributed by atoms with Crippen LogP contribution in [0.1, 0.15) is 48.1 Å². The molecule has 0 saturated carbocycles. The molecule has 1 heterocycles. The highest BCUT2D eigenvalue weighted by molar-refractivity contribution is 6.04. The number of hydrogen-bond acceptors (Lipinski definition) is 2. The molecule has 0 radical (unpaired) electrons. The molecule has 4 nitrogen and oxygen atoms in total. The van der Waals surface area contributed by atoms with Gasteiger partial charge < -0.3 is 5.32 Å². The lowest BCUT2D eigenvalue weighted by atomic mass is 9.92. The van der Waals surface area contributed by atoms with Crippen molar-refractivity contribution in [3.8, 4) is 0 Å². The number of rotatable bonds is 2. The summed E-state index contributed by atoms with van der Waals surface area (Å²) in [5.74, 6) is -0.127. The van der Waals surface area contributed by atoms with Crippen LogP contribution < -0.4 is 5.32 Å². The highest BCUT2D eigenvalue weighted by Crippen LogP contribution is 2.23. The number of nitrogens with zero attached hydrogens (tertiary/aromatic N) is 2. The molecule has 2 rings (SSSR count). The number of carbonyl (C=O) groups is 1. The molecule has 0 fully saturated rings. The third-order valence-corrected chi connectivity index (χ3v) is 3.60. The smallest absolute Gasteiger partial charge is 0.273 e. The van der Waals surface area contributed by atoms with Gasteiger partial charge in [0.05, 0.1) is 5.69 Å². The second kappa shape index (κ2) is 5.35. The summed E-state index contributed by atoms with van der Waals surface area (Å²) < 4.78 is 1.64. The third kappa shape index (κ3) is 3.15. The van der Waals surface area contributed by atoms with Gasteiger partial charge >= 0.3 is 0 Å². The van der Waals surface area contributed by atoms with Crippen LogP contribution in [0.15, 0.2) is 24.3 Å². The van der Waals surface area contributed by atoms with Crippen LogP contribution in [0.25, 0.3) is 0 Å². The fraction of sp³-hybridized carbons (Fsp3) is 0.412. The van der Waals surface area contributed by atoms with Crippen LogP contribution in [0.5, 0.6) is 0 Å². The summed E-state index contributed by atoms with van der Waals surface area (Å²) in [6.07, 6.45) is 0. The van der Waals surface area contributed by atoms with E-state index in [4.69, 9.17) is 0 Å². The van der Waals surface area contributed by atoms with Crippen molar-refractivity contribution in [2.24, 2.45) is 7.05 Å². The molecule has 112 valence electrons. The number of hydrogen-bond donors (Lipinski definition) is 1. The summed E-state index contributed by atoms with van der Waals surface area (Å²) in [6.45, 7) is 10.2. The third-order valence-electron chi connectivity index (χ3n) is 3.60. The van der Waals surface area contributed by atoms with Gasteiger partial charge in [0.1, 0.15) is 5.69 Å². The van der Waals surface area contributed by atoms with Gasteiger partial charge in [-0.15, -0.1) is 0 Å². The minimum absolute atomic E-state index is 0.0745. The lowest BCUT2D eigenvalue weighted by Gasteiger charge is -2.13. The van der Waals surface area contributed by atoms with Gasteiger partial charge in [-0.05, 0) is 31.0 Å².